The smallest absolute Gasteiger partial charge is 0.128 e. The maximum Gasteiger partial charge on any atom is 0.128 e. The summed E-state index contributed by atoms with van der Waals surface area (Å²) in [5.74, 6) is 0.195. The normalized spacial score (nSPS) is 24.7. The lowest BCUT2D eigenvalue weighted by atomic mass is 9.85. The van der Waals surface area contributed by atoms with Crippen molar-refractivity contribution < 1.29 is 18.6 Å². The van der Waals surface area contributed by atoms with Gasteiger partial charge < -0.3 is 19.5 Å². The zero-order chi connectivity index (χ0) is 15.2. The van der Waals surface area contributed by atoms with E-state index in [2.05, 4.69) is 28.2 Å². The molecular weight excluding hydrogens is 341 g/mol. The van der Waals surface area contributed by atoms with Crippen LogP contribution < -0.4 is 10.1 Å². The molecule has 3 atom stereocenters. The molecule has 21 heavy (non-hydrogen) atoms. The van der Waals surface area contributed by atoms with Crippen molar-refractivity contribution in [2.24, 2.45) is 0 Å². The summed E-state index contributed by atoms with van der Waals surface area (Å²) in [6, 6.07) is 4.82. The molecule has 1 N–H and O–H groups in total. The van der Waals surface area contributed by atoms with E-state index in [9.17, 15) is 4.39 Å². The number of likely N-dealkylation sites (N-methyl/N-ethyl adjacent to an activating group) is 1. The molecule has 0 aliphatic heterocycles. The SMILES string of the molecule is CCNC1CC(Oc2cc(F)cc(Br)c2)C1OCCOC. The monoisotopic (exact) mass is 361 g/mol. The first-order chi connectivity index (χ1) is 10.1. The Morgan fingerprint density at radius 3 is 2.81 bits per heavy atom. The Balaban J connectivity index is 1.94. The predicted molar refractivity (Wildman–Crippen MR) is 82.2 cm³/mol. The van der Waals surface area contributed by atoms with Crippen molar-refractivity contribution in [1.29, 1.82) is 0 Å². The second-order valence-electron chi connectivity index (χ2n) is 4.99. The second kappa shape index (κ2) is 8.08. The topological polar surface area (TPSA) is 39.7 Å². The van der Waals surface area contributed by atoms with Gasteiger partial charge in [0.15, 0.2) is 0 Å². The van der Waals surface area contributed by atoms with Crippen LogP contribution in [0.3, 0.4) is 0 Å². The van der Waals surface area contributed by atoms with Gasteiger partial charge in [-0.2, -0.15) is 0 Å². The molecular formula is C15H21BrFNO3. The minimum atomic E-state index is -0.321. The summed E-state index contributed by atoms with van der Waals surface area (Å²) in [6.45, 7) is 4.01. The van der Waals surface area contributed by atoms with E-state index in [1.807, 2.05) is 0 Å². The summed E-state index contributed by atoms with van der Waals surface area (Å²) in [7, 11) is 1.64. The highest BCUT2D eigenvalue weighted by atomic mass is 79.9. The van der Waals surface area contributed by atoms with Crippen LogP contribution in [0.25, 0.3) is 0 Å². The Morgan fingerprint density at radius 1 is 1.33 bits per heavy atom. The van der Waals surface area contributed by atoms with Crippen molar-refractivity contribution in [1.82, 2.24) is 5.32 Å². The molecule has 1 fully saturated rings. The van der Waals surface area contributed by atoms with E-state index in [0.717, 1.165) is 13.0 Å². The lowest BCUT2D eigenvalue weighted by molar-refractivity contribution is -0.115. The first-order valence-corrected chi connectivity index (χ1v) is 7.90. The van der Waals surface area contributed by atoms with E-state index < -0.39 is 0 Å². The lowest BCUT2D eigenvalue weighted by Gasteiger charge is -2.44. The van der Waals surface area contributed by atoms with Crippen molar-refractivity contribution in [2.45, 2.75) is 31.6 Å². The molecule has 0 bridgehead atoms. The van der Waals surface area contributed by atoms with Crippen LogP contribution in [0, 0.1) is 5.82 Å². The van der Waals surface area contributed by atoms with E-state index in [0.29, 0.717) is 23.4 Å². The molecule has 1 aliphatic rings. The number of ether oxygens (including phenoxy) is 3. The van der Waals surface area contributed by atoms with Gasteiger partial charge in [-0.1, -0.05) is 22.9 Å². The van der Waals surface area contributed by atoms with Crippen molar-refractivity contribution in [3.05, 3.63) is 28.5 Å². The minimum Gasteiger partial charge on any atom is -0.487 e. The fraction of sp³-hybridized carbons (Fsp3) is 0.600. The summed E-state index contributed by atoms with van der Waals surface area (Å²) < 4.78 is 30.7. The quantitative estimate of drug-likeness (QED) is 0.722. The molecule has 1 aromatic carbocycles. The van der Waals surface area contributed by atoms with Gasteiger partial charge in [0.25, 0.3) is 0 Å². The predicted octanol–water partition coefficient (Wildman–Crippen LogP) is 2.75. The van der Waals surface area contributed by atoms with Crippen LogP contribution in [0.15, 0.2) is 22.7 Å². The number of nitrogens with one attached hydrogen (secondary N) is 1. The van der Waals surface area contributed by atoms with E-state index in [1.54, 1.807) is 13.2 Å². The van der Waals surface area contributed by atoms with E-state index in [1.165, 1.54) is 12.1 Å². The van der Waals surface area contributed by atoms with Crippen molar-refractivity contribution in [2.75, 3.05) is 26.9 Å². The third-order valence-corrected chi connectivity index (χ3v) is 3.89. The molecule has 6 heteroatoms. The molecule has 0 spiro atoms. The van der Waals surface area contributed by atoms with Crippen LogP contribution in [-0.4, -0.2) is 45.1 Å². The van der Waals surface area contributed by atoms with Crippen molar-refractivity contribution in [3.63, 3.8) is 0 Å². The average molecular weight is 362 g/mol. The summed E-state index contributed by atoms with van der Waals surface area (Å²) >= 11 is 3.27. The van der Waals surface area contributed by atoms with Gasteiger partial charge in [0.2, 0.25) is 0 Å². The Kier molecular flexibility index (Phi) is 6.41. The molecule has 118 valence electrons. The molecule has 0 saturated heterocycles. The van der Waals surface area contributed by atoms with Crippen LogP contribution in [0.5, 0.6) is 5.75 Å². The highest BCUT2D eigenvalue weighted by molar-refractivity contribution is 9.10. The Labute approximate surface area is 133 Å². The first kappa shape index (κ1) is 16.7. The fourth-order valence-electron chi connectivity index (χ4n) is 2.42. The molecule has 1 saturated carbocycles. The Morgan fingerprint density at radius 2 is 2.14 bits per heavy atom. The van der Waals surface area contributed by atoms with Gasteiger partial charge in [-0.25, -0.2) is 4.39 Å². The Hall–Kier alpha value is -0.690. The van der Waals surface area contributed by atoms with Crippen molar-refractivity contribution in [3.8, 4) is 5.75 Å². The van der Waals surface area contributed by atoms with Gasteiger partial charge in [0, 0.05) is 30.1 Å². The third-order valence-electron chi connectivity index (χ3n) is 3.44. The standard InChI is InChI=1S/C15H21BrFNO3/c1-3-18-13-9-14(15(13)20-5-4-19-2)21-12-7-10(16)6-11(17)8-12/h6-8,13-15,18H,3-5,9H2,1-2H3. The zero-order valence-corrected chi connectivity index (χ0v) is 13.9. The maximum atomic E-state index is 13.4. The van der Waals surface area contributed by atoms with Gasteiger partial charge in [-0.05, 0) is 18.7 Å². The summed E-state index contributed by atoms with van der Waals surface area (Å²) in [5.41, 5.74) is 0. The van der Waals surface area contributed by atoms with Gasteiger partial charge in [-0.15, -0.1) is 0 Å². The molecule has 1 aromatic rings. The molecule has 0 radical (unpaired) electrons. The largest absolute Gasteiger partial charge is 0.487 e. The number of hydrogen-bond donors (Lipinski definition) is 1. The van der Waals surface area contributed by atoms with Crippen LogP contribution in [0.4, 0.5) is 4.39 Å². The van der Waals surface area contributed by atoms with Crippen LogP contribution >= 0.6 is 15.9 Å². The lowest BCUT2D eigenvalue weighted by Crippen LogP contribution is -2.61. The average Bonchev–Trinajstić information content (AvgIpc) is 2.41. The highest BCUT2D eigenvalue weighted by Crippen LogP contribution is 2.30. The number of hydrogen-bond acceptors (Lipinski definition) is 4. The van der Waals surface area contributed by atoms with E-state index in [-0.39, 0.29) is 24.1 Å². The third kappa shape index (κ3) is 4.64. The van der Waals surface area contributed by atoms with Crippen molar-refractivity contribution >= 4 is 15.9 Å². The molecule has 2 rings (SSSR count). The summed E-state index contributed by atoms with van der Waals surface area (Å²) in [4.78, 5) is 0. The van der Waals surface area contributed by atoms with E-state index >= 15 is 0 Å². The molecule has 0 heterocycles. The Bertz CT molecular complexity index is 440. The first-order valence-electron chi connectivity index (χ1n) is 7.10. The molecule has 4 nitrogen and oxygen atoms in total. The minimum absolute atomic E-state index is 0.0397. The van der Waals surface area contributed by atoms with Crippen LogP contribution in [0.1, 0.15) is 13.3 Å². The molecule has 0 aromatic heterocycles. The van der Waals surface area contributed by atoms with Gasteiger partial charge in [0.05, 0.1) is 13.2 Å². The number of rotatable bonds is 8. The molecule has 3 unspecified atom stereocenters. The van der Waals surface area contributed by atoms with E-state index in [4.69, 9.17) is 14.2 Å². The number of halogens is 2. The van der Waals surface area contributed by atoms with Crippen LogP contribution in [-0.2, 0) is 9.47 Å². The maximum absolute atomic E-state index is 13.4. The van der Waals surface area contributed by atoms with Gasteiger partial charge in [0.1, 0.15) is 23.8 Å². The summed E-state index contributed by atoms with van der Waals surface area (Å²) in [5, 5.41) is 3.37. The van der Waals surface area contributed by atoms with Gasteiger partial charge in [-0.3, -0.25) is 0 Å². The highest BCUT2D eigenvalue weighted by Gasteiger charge is 2.43. The second-order valence-corrected chi connectivity index (χ2v) is 5.91. The number of benzene rings is 1. The van der Waals surface area contributed by atoms with Gasteiger partial charge >= 0.3 is 0 Å². The zero-order valence-electron chi connectivity index (χ0n) is 12.3. The fourth-order valence-corrected chi connectivity index (χ4v) is 2.87. The molecule has 1 aliphatic carbocycles. The summed E-state index contributed by atoms with van der Waals surface area (Å²) in [6.07, 6.45) is 0.737. The number of methoxy groups -OCH3 is 1. The molecule has 0 amide bonds. The van der Waals surface area contributed by atoms with Crippen LogP contribution in [0.2, 0.25) is 0 Å².